The zero-order valence-electron chi connectivity index (χ0n) is 14.4. The third-order valence-electron chi connectivity index (χ3n) is 7.53. The Hall–Kier alpha value is -1.71. The number of allylic oxidation sites excluding steroid dienone is 1. The van der Waals surface area contributed by atoms with Crippen LogP contribution in [-0.2, 0) is 6.42 Å². The quantitative estimate of drug-likeness (QED) is 0.457. The van der Waals surface area contributed by atoms with E-state index in [9.17, 15) is 14.5 Å². The minimum atomic E-state index is -0.554. The maximum absolute atomic E-state index is 13.2. The molecule has 1 aromatic carbocycles. The topological polar surface area (TPSA) is 43.1 Å². The van der Waals surface area contributed by atoms with Crippen LogP contribution in [0.5, 0.6) is 0 Å². The van der Waals surface area contributed by atoms with E-state index in [0.29, 0.717) is 6.42 Å². The molecule has 1 fully saturated rings. The molecule has 0 spiro atoms. The van der Waals surface area contributed by atoms with Crippen LogP contribution in [0.1, 0.15) is 46.6 Å². The van der Waals surface area contributed by atoms with Crippen molar-refractivity contribution in [1.82, 2.24) is 0 Å². The molecule has 1 saturated carbocycles. The smallest absolute Gasteiger partial charge is 0.223 e. The van der Waals surface area contributed by atoms with E-state index in [-0.39, 0.29) is 21.6 Å². The molecule has 0 radical (unpaired) electrons. The Kier molecular flexibility index (Phi) is 3.27. The fourth-order valence-corrected chi connectivity index (χ4v) is 5.47. The van der Waals surface area contributed by atoms with Crippen molar-refractivity contribution in [3.63, 3.8) is 0 Å². The van der Waals surface area contributed by atoms with Crippen LogP contribution in [-0.4, -0.2) is 11.0 Å². The summed E-state index contributed by atoms with van der Waals surface area (Å²) in [7, 11) is 0. The third-order valence-corrected chi connectivity index (χ3v) is 7.53. The molecule has 3 rings (SSSR count). The molecule has 2 aliphatic carbocycles. The van der Waals surface area contributed by atoms with Crippen LogP contribution in [0, 0.1) is 32.2 Å². The highest BCUT2D eigenvalue weighted by Crippen LogP contribution is 2.75. The highest BCUT2D eigenvalue weighted by atomic mass is 19.1. The lowest BCUT2D eigenvalue weighted by Crippen LogP contribution is -2.45. The number of hydrogen-bond acceptors (Lipinski definition) is 2. The summed E-state index contributed by atoms with van der Waals surface area (Å²) in [6.07, 6.45) is 1.30. The fourth-order valence-electron chi connectivity index (χ4n) is 5.47. The summed E-state index contributed by atoms with van der Waals surface area (Å²) in [5.41, 5.74) is 2.59. The van der Waals surface area contributed by atoms with E-state index in [1.165, 1.54) is 17.7 Å². The summed E-state index contributed by atoms with van der Waals surface area (Å²) >= 11 is 0. The molecule has 2 aliphatic rings. The molecule has 23 heavy (non-hydrogen) atoms. The van der Waals surface area contributed by atoms with Gasteiger partial charge in [0.25, 0.3) is 0 Å². The summed E-state index contributed by atoms with van der Waals surface area (Å²) in [5, 5.41) is 11.7. The second kappa shape index (κ2) is 4.65. The van der Waals surface area contributed by atoms with Crippen LogP contribution in [0.4, 0.5) is 4.39 Å². The summed E-state index contributed by atoms with van der Waals surface area (Å²) in [6, 6.07) is 5.99. The molecule has 0 aromatic heterocycles. The number of fused-ring (bicyclic) bond motifs is 2. The van der Waals surface area contributed by atoms with Gasteiger partial charge in [-0.05, 0) is 50.3 Å². The predicted molar refractivity (Wildman–Crippen MR) is 88.2 cm³/mol. The van der Waals surface area contributed by atoms with Crippen molar-refractivity contribution in [2.45, 2.75) is 53.5 Å². The molecule has 3 nitrogen and oxygen atoms in total. The Labute approximate surface area is 136 Å². The average molecular weight is 317 g/mol. The van der Waals surface area contributed by atoms with E-state index in [2.05, 4.69) is 34.6 Å². The number of nitro groups is 1. The molecule has 0 saturated heterocycles. The van der Waals surface area contributed by atoms with Crippen molar-refractivity contribution in [3.8, 4) is 0 Å². The molecule has 0 amide bonds. The number of nitrogens with zero attached hydrogens (tertiary/aromatic N) is 1. The van der Waals surface area contributed by atoms with E-state index in [1.54, 1.807) is 12.1 Å². The Bertz CT molecular complexity index is 711. The van der Waals surface area contributed by atoms with Gasteiger partial charge in [0.1, 0.15) is 5.82 Å². The van der Waals surface area contributed by atoms with Crippen LogP contribution >= 0.6 is 0 Å². The fraction of sp³-hybridized carbons (Fsp3) is 0.579. The zero-order chi connectivity index (χ0) is 17.2. The molecular formula is C19H24FNO2. The minimum absolute atomic E-state index is 0.0932. The highest BCUT2D eigenvalue weighted by molar-refractivity contribution is 5.44. The number of rotatable bonds is 3. The first-order chi connectivity index (χ1) is 10.6. The van der Waals surface area contributed by atoms with E-state index in [0.717, 1.165) is 17.6 Å². The standard InChI is InChI=1S/C19H24FNO2/c1-12-13(2)19(5)16(21(22)23)11-17(12,3)18(19,4)10-14-6-8-15(20)9-7-14/h6-9,16H,10-11H2,1-5H3/t16-,17-,18?,19-/m1/s1. The van der Waals surface area contributed by atoms with Gasteiger partial charge in [0, 0.05) is 16.8 Å². The number of hydrogen-bond donors (Lipinski definition) is 0. The monoisotopic (exact) mass is 317 g/mol. The van der Waals surface area contributed by atoms with Crippen LogP contribution in [0.25, 0.3) is 0 Å². The highest BCUT2D eigenvalue weighted by Gasteiger charge is 2.75. The van der Waals surface area contributed by atoms with Crippen LogP contribution in [0.3, 0.4) is 0 Å². The molecule has 1 aromatic rings. The van der Waals surface area contributed by atoms with Gasteiger partial charge in [-0.25, -0.2) is 4.39 Å². The molecule has 124 valence electrons. The lowest BCUT2D eigenvalue weighted by atomic mass is 9.58. The molecule has 1 unspecified atom stereocenters. The van der Waals surface area contributed by atoms with Gasteiger partial charge in [0.05, 0.1) is 5.41 Å². The Morgan fingerprint density at radius 3 is 2.26 bits per heavy atom. The first-order valence-electron chi connectivity index (χ1n) is 8.14. The first kappa shape index (κ1) is 16.2. The van der Waals surface area contributed by atoms with Gasteiger partial charge in [0.2, 0.25) is 6.04 Å². The van der Waals surface area contributed by atoms with Gasteiger partial charge in [-0.2, -0.15) is 0 Å². The van der Waals surface area contributed by atoms with Gasteiger partial charge in [-0.1, -0.05) is 37.1 Å². The SMILES string of the molecule is CC1=C(C)[C@]2(C)[C@H]([N+](=O)[O-])C[C@@]1(C)C2(C)Cc1ccc(F)cc1. The van der Waals surface area contributed by atoms with Gasteiger partial charge < -0.3 is 0 Å². The maximum atomic E-state index is 13.2. The van der Waals surface area contributed by atoms with Crippen molar-refractivity contribution in [2.24, 2.45) is 16.2 Å². The van der Waals surface area contributed by atoms with Gasteiger partial charge >= 0.3 is 0 Å². The minimum Gasteiger partial charge on any atom is -0.264 e. The van der Waals surface area contributed by atoms with Gasteiger partial charge in [0.15, 0.2) is 0 Å². The average Bonchev–Trinajstić information content (AvgIpc) is 2.73. The van der Waals surface area contributed by atoms with Gasteiger partial charge in [-0.15, -0.1) is 0 Å². The van der Waals surface area contributed by atoms with Crippen LogP contribution in [0.2, 0.25) is 0 Å². The lowest BCUT2D eigenvalue weighted by Gasteiger charge is -2.43. The summed E-state index contributed by atoms with van der Waals surface area (Å²) in [5.74, 6) is -0.251. The van der Waals surface area contributed by atoms with Crippen molar-refractivity contribution in [3.05, 3.63) is 56.9 Å². The zero-order valence-corrected chi connectivity index (χ0v) is 14.4. The predicted octanol–water partition coefficient (Wildman–Crippen LogP) is 4.79. The normalized spacial score (nSPS) is 39.1. The van der Waals surface area contributed by atoms with E-state index in [4.69, 9.17) is 0 Å². The molecule has 0 heterocycles. The Morgan fingerprint density at radius 2 is 1.74 bits per heavy atom. The molecular weight excluding hydrogens is 293 g/mol. The summed E-state index contributed by atoms with van der Waals surface area (Å²) < 4.78 is 13.2. The number of halogens is 1. The van der Waals surface area contributed by atoms with Crippen LogP contribution < -0.4 is 0 Å². The van der Waals surface area contributed by atoms with E-state index in [1.807, 2.05) is 0 Å². The molecule has 4 atom stereocenters. The third kappa shape index (κ3) is 1.75. The Morgan fingerprint density at radius 1 is 1.17 bits per heavy atom. The van der Waals surface area contributed by atoms with Gasteiger partial charge in [-0.3, -0.25) is 10.1 Å². The number of benzene rings is 1. The second-order valence-electron chi connectivity index (χ2n) is 7.93. The van der Waals surface area contributed by atoms with E-state index >= 15 is 0 Å². The largest absolute Gasteiger partial charge is 0.264 e. The van der Waals surface area contributed by atoms with Crippen molar-refractivity contribution >= 4 is 0 Å². The molecule has 0 N–H and O–H groups in total. The van der Waals surface area contributed by atoms with Crippen molar-refractivity contribution < 1.29 is 9.31 Å². The summed E-state index contributed by atoms with van der Waals surface area (Å²) in [6.45, 7) is 10.6. The van der Waals surface area contributed by atoms with E-state index < -0.39 is 11.5 Å². The molecule has 4 heteroatoms. The lowest BCUT2D eigenvalue weighted by molar-refractivity contribution is -0.538. The first-order valence-corrected chi connectivity index (χ1v) is 8.14. The maximum Gasteiger partial charge on any atom is 0.223 e. The van der Waals surface area contributed by atoms with Crippen molar-refractivity contribution in [1.29, 1.82) is 0 Å². The molecule has 2 bridgehead atoms. The summed E-state index contributed by atoms with van der Waals surface area (Å²) in [4.78, 5) is 11.6. The van der Waals surface area contributed by atoms with Crippen molar-refractivity contribution in [2.75, 3.05) is 0 Å². The molecule has 0 aliphatic heterocycles. The van der Waals surface area contributed by atoms with Crippen LogP contribution in [0.15, 0.2) is 35.4 Å². The second-order valence-corrected chi connectivity index (χ2v) is 7.93. The Balaban J connectivity index is 2.11.